The minimum atomic E-state index is -1.33. The van der Waals surface area contributed by atoms with Crippen molar-refractivity contribution in [3.05, 3.63) is 138 Å². The molecule has 0 radical (unpaired) electrons. The van der Waals surface area contributed by atoms with Gasteiger partial charge < -0.3 is 14.7 Å². The normalized spacial score (nSPS) is 12.9. The molecule has 0 spiro atoms. The van der Waals surface area contributed by atoms with Crippen LogP contribution >= 0.6 is 0 Å². The highest BCUT2D eigenvalue weighted by atomic mass is 16.5. The van der Waals surface area contributed by atoms with Gasteiger partial charge in [-0.05, 0) is 76.8 Å². The fourth-order valence-electron chi connectivity index (χ4n) is 5.25. The zero-order chi connectivity index (χ0) is 27.2. The first-order chi connectivity index (χ1) is 19.0. The number of nitrogens with zero attached hydrogens (tertiary/aromatic N) is 1. The molecule has 1 atom stereocenters. The molecule has 5 aromatic carbocycles. The number of aryl methyl sites for hydroxylation is 1. The Morgan fingerprint density at radius 1 is 0.641 bits per heavy atom. The largest absolute Gasteiger partial charge is 0.492 e. The van der Waals surface area contributed by atoms with Gasteiger partial charge in [0.2, 0.25) is 0 Å². The number of fused-ring (bicyclic) bond motifs is 1. The van der Waals surface area contributed by atoms with Gasteiger partial charge in [-0.3, -0.25) is 0 Å². The van der Waals surface area contributed by atoms with Gasteiger partial charge in [-0.2, -0.15) is 0 Å². The van der Waals surface area contributed by atoms with Crippen LogP contribution < -0.4 is 4.74 Å². The van der Waals surface area contributed by atoms with E-state index in [4.69, 9.17) is 4.74 Å². The van der Waals surface area contributed by atoms with Gasteiger partial charge in [-0.1, -0.05) is 116 Å². The molecular weight excluding hydrogens is 478 g/mol. The molecule has 1 unspecified atom stereocenters. The second-order valence-corrected chi connectivity index (χ2v) is 10.1. The van der Waals surface area contributed by atoms with Crippen molar-refractivity contribution in [2.45, 2.75) is 26.4 Å². The SMILES string of the molecule is CCN(CC)CCOc1ccc(C(O)(c2ccc(-c3ccccc3)cc2)c2ccc3cc(C)ccc3c2)cc1. The molecule has 5 rings (SSSR count). The Kier molecular flexibility index (Phi) is 8.11. The predicted molar refractivity (Wildman–Crippen MR) is 162 cm³/mol. The minimum absolute atomic E-state index is 0.635. The topological polar surface area (TPSA) is 32.7 Å². The van der Waals surface area contributed by atoms with Gasteiger partial charge in [0.1, 0.15) is 18.0 Å². The van der Waals surface area contributed by atoms with Crippen molar-refractivity contribution < 1.29 is 9.84 Å². The summed E-state index contributed by atoms with van der Waals surface area (Å²) in [6, 6.07) is 39.1. The van der Waals surface area contributed by atoms with E-state index in [1.807, 2.05) is 60.7 Å². The van der Waals surface area contributed by atoms with Crippen LogP contribution in [0, 0.1) is 6.92 Å². The average molecular weight is 516 g/mol. The Labute approximate surface area is 232 Å². The first-order valence-corrected chi connectivity index (χ1v) is 13.9. The first-order valence-electron chi connectivity index (χ1n) is 13.9. The molecule has 198 valence electrons. The van der Waals surface area contributed by atoms with E-state index < -0.39 is 5.60 Å². The van der Waals surface area contributed by atoms with Gasteiger partial charge in [-0.15, -0.1) is 0 Å². The van der Waals surface area contributed by atoms with Gasteiger partial charge in [0.25, 0.3) is 0 Å². The number of hydrogen-bond acceptors (Lipinski definition) is 3. The highest BCUT2D eigenvalue weighted by molar-refractivity contribution is 5.84. The lowest BCUT2D eigenvalue weighted by atomic mass is 9.79. The number of likely N-dealkylation sites (N-methyl/N-ethyl adjacent to an activating group) is 1. The molecule has 0 heterocycles. The van der Waals surface area contributed by atoms with Crippen LogP contribution in [0.1, 0.15) is 36.1 Å². The standard InChI is InChI=1S/C36H37NO2/c1-4-37(5-2)23-24-39-35-21-19-33(20-22-35)36(38,34-18-15-30-25-27(3)11-12-31(30)26-34)32-16-13-29(14-17-32)28-9-7-6-8-10-28/h6-22,25-26,38H,4-5,23-24H2,1-3H3. The van der Waals surface area contributed by atoms with Crippen LogP contribution in [0.4, 0.5) is 0 Å². The summed E-state index contributed by atoms with van der Waals surface area (Å²) in [7, 11) is 0. The third-order valence-electron chi connectivity index (χ3n) is 7.67. The van der Waals surface area contributed by atoms with E-state index in [0.29, 0.717) is 6.61 Å². The van der Waals surface area contributed by atoms with Crippen molar-refractivity contribution >= 4 is 10.8 Å². The van der Waals surface area contributed by atoms with Crippen LogP contribution in [0.2, 0.25) is 0 Å². The predicted octanol–water partition coefficient (Wildman–Crippen LogP) is 7.82. The summed E-state index contributed by atoms with van der Waals surface area (Å²) in [6.45, 7) is 9.99. The van der Waals surface area contributed by atoms with Crippen LogP contribution in [0.15, 0.2) is 115 Å². The molecule has 3 heteroatoms. The minimum Gasteiger partial charge on any atom is -0.492 e. The quantitative estimate of drug-likeness (QED) is 0.193. The van der Waals surface area contributed by atoms with E-state index in [1.165, 1.54) is 5.56 Å². The zero-order valence-electron chi connectivity index (χ0n) is 23.1. The number of ether oxygens (including phenoxy) is 1. The number of rotatable bonds is 10. The van der Waals surface area contributed by atoms with Gasteiger partial charge in [0.15, 0.2) is 0 Å². The summed E-state index contributed by atoms with van der Waals surface area (Å²) in [5.41, 5.74) is 4.63. The van der Waals surface area contributed by atoms with E-state index in [9.17, 15) is 5.11 Å². The van der Waals surface area contributed by atoms with Crippen molar-refractivity contribution in [2.75, 3.05) is 26.2 Å². The highest BCUT2D eigenvalue weighted by Crippen LogP contribution is 2.39. The Hall–Kier alpha value is -3.92. The lowest BCUT2D eigenvalue weighted by Crippen LogP contribution is -2.29. The van der Waals surface area contributed by atoms with E-state index in [-0.39, 0.29) is 0 Å². The molecule has 1 N–H and O–H groups in total. The summed E-state index contributed by atoms with van der Waals surface area (Å²) >= 11 is 0. The molecule has 0 aromatic heterocycles. The zero-order valence-corrected chi connectivity index (χ0v) is 23.1. The van der Waals surface area contributed by atoms with Crippen molar-refractivity contribution in [1.82, 2.24) is 4.90 Å². The number of benzene rings is 5. The maximum atomic E-state index is 12.6. The van der Waals surface area contributed by atoms with E-state index in [2.05, 4.69) is 80.3 Å². The smallest absolute Gasteiger partial charge is 0.140 e. The van der Waals surface area contributed by atoms with Gasteiger partial charge in [-0.25, -0.2) is 0 Å². The van der Waals surface area contributed by atoms with Crippen LogP contribution in [0.3, 0.4) is 0 Å². The van der Waals surface area contributed by atoms with Crippen LogP contribution in [0.25, 0.3) is 21.9 Å². The number of aliphatic hydroxyl groups is 1. The van der Waals surface area contributed by atoms with Crippen LogP contribution in [-0.2, 0) is 5.60 Å². The monoisotopic (exact) mass is 515 g/mol. The maximum absolute atomic E-state index is 12.6. The van der Waals surface area contributed by atoms with E-state index in [0.717, 1.165) is 64.0 Å². The van der Waals surface area contributed by atoms with Crippen molar-refractivity contribution in [1.29, 1.82) is 0 Å². The Balaban J connectivity index is 1.51. The van der Waals surface area contributed by atoms with Crippen molar-refractivity contribution in [2.24, 2.45) is 0 Å². The average Bonchev–Trinajstić information content (AvgIpc) is 2.99. The van der Waals surface area contributed by atoms with Gasteiger partial charge in [0.05, 0.1) is 0 Å². The molecule has 0 saturated carbocycles. The molecule has 0 fully saturated rings. The molecule has 3 nitrogen and oxygen atoms in total. The third-order valence-corrected chi connectivity index (χ3v) is 7.67. The van der Waals surface area contributed by atoms with Gasteiger partial charge >= 0.3 is 0 Å². The molecular formula is C36H37NO2. The molecule has 0 aliphatic carbocycles. The number of hydrogen-bond donors (Lipinski definition) is 1. The fraction of sp³-hybridized carbons (Fsp3) is 0.222. The van der Waals surface area contributed by atoms with Crippen LogP contribution in [0.5, 0.6) is 5.75 Å². The molecule has 5 aromatic rings. The lowest BCUT2D eigenvalue weighted by molar-refractivity contribution is 0.126. The summed E-state index contributed by atoms with van der Waals surface area (Å²) in [4.78, 5) is 2.34. The summed E-state index contributed by atoms with van der Waals surface area (Å²) < 4.78 is 6.03. The summed E-state index contributed by atoms with van der Waals surface area (Å²) in [6.07, 6.45) is 0. The molecule has 0 saturated heterocycles. The van der Waals surface area contributed by atoms with E-state index in [1.54, 1.807) is 0 Å². The molecule has 0 amide bonds. The Morgan fingerprint density at radius 3 is 1.87 bits per heavy atom. The van der Waals surface area contributed by atoms with Crippen molar-refractivity contribution in [3.63, 3.8) is 0 Å². The first kappa shape index (κ1) is 26.7. The Morgan fingerprint density at radius 2 is 1.21 bits per heavy atom. The Bertz CT molecular complexity index is 1510. The summed E-state index contributed by atoms with van der Waals surface area (Å²) in [5, 5.41) is 14.8. The molecule has 0 bridgehead atoms. The van der Waals surface area contributed by atoms with Gasteiger partial charge in [0, 0.05) is 6.54 Å². The lowest BCUT2D eigenvalue weighted by Gasteiger charge is -2.31. The summed E-state index contributed by atoms with van der Waals surface area (Å²) in [5.74, 6) is 0.807. The van der Waals surface area contributed by atoms with Crippen molar-refractivity contribution in [3.8, 4) is 16.9 Å². The van der Waals surface area contributed by atoms with Crippen LogP contribution in [-0.4, -0.2) is 36.2 Å². The maximum Gasteiger partial charge on any atom is 0.140 e. The molecule has 0 aliphatic heterocycles. The second kappa shape index (κ2) is 11.9. The molecule has 0 aliphatic rings. The fourth-order valence-corrected chi connectivity index (χ4v) is 5.25. The third kappa shape index (κ3) is 5.75. The highest BCUT2D eigenvalue weighted by Gasteiger charge is 2.34. The molecule has 39 heavy (non-hydrogen) atoms. The second-order valence-electron chi connectivity index (χ2n) is 10.1. The van der Waals surface area contributed by atoms with E-state index >= 15 is 0 Å².